The Labute approximate surface area is 122 Å². The molecule has 1 aromatic rings. The smallest absolute Gasteiger partial charge is 0.149 e. The molecule has 0 N–H and O–H groups in total. The molecular formula is C17H27FN2. The van der Waals surface area contributed by atoms with E-state index >= 15 is 0 Å². The fourth-order valence-corrected chi connectivity index (χ4v) is 3.03. The first kappa shape index (κ1) is 15.3. The largest absolute Gasteiger partial charge is 0.367 e. The van der Waals surface area contributed by atoms with E-state index in [-0.39, 0.29) is 5.82 Å². The standard InChI is InChI=1S/C17H27FN2/c1-12(2)15-6-7-16(17(18)14(15)5)20-10-8-19(9-11-20)13(3)4/h6-7,12-13H,8-11H2,1-5H3. The minimum atomic E-state index is -0.0332. The van der Waals surface area contributed by atoms with Crippen LogP contribution < -0.4 is 4.90 Å². The lowest BCUT2D eigenvalue weighted by Crippen LogP contribution is -2.49. The van der Waals surface area contributed by atoms with Crippen molar-refractivity contribution < 1.29 is 4.39 Å². The van der Waals surface area contributed by atoms with E-state index in [0.29, 0.717) is 12.0 Å². The van der Waals surface area contributed by atoms with E-state index in [1.807, 2.05) is 13.0 Å². The number of anilines is 1. The van der Waals surface area contributed by atoms with Gasteiger partial charge in [0.1, 0.15) is 5.82 Å². The van der Waals surface area contributed by atoms with Crippen LogP contribution in [0.3, 0.4) is 0 Å². The van der Waals surface area contributed by atoms with Crippen molar-refractivity contribution in [2.75, 3.05) is 31.1 Å². The number of halogens is 1. The van der Waals surface area contributed by atoms with Gasteiger partial charge in [-0.1, -0.05) is 19.9 Å². The van der Waals surface area contributed by atoms with Gasteiger partial charge in [-0.15, -0.1) is 0 Å². The highest BCUT2D eigenvalue weighted by molar-refractivity contribution is 5.53. The van der Waals surface area contributed by atoms with Gasteiger partial charge >= 0.3 is 0 Å². The Kier molecular flexibility index (Phi) is 4.69. The summed E-state index contributed by atoms with van der Waals surface area (Å²) >= 11 is 0. The summed E-state index contributed by atoms with van der Waals surface area (Å²) in [4.78, 5) is 4.63. The van der Waals surface area contributed by atoms with Crippen molar-refractivity contribution in [1.82, 2.24) is 4.90 Å². The van der Waals surface area contributed by atoms with E-state index in [1.165, 1.54) is 0 Å². The molecule has 1 aromatic carbocycles. The summed E-state index contributed by atoms with van der Waals surface area (Å²) < 4.78 is 14.6. The number of benzene rings is 1. The van der Waals surface area contributed by atoms with Crippen LogP contribution in [0.1, 0.15) is 44.7 Å². The highest BCUT2D eigenvalue weighted by atomic mass is 19.1. The van der Waals surface area contributed by atoms with Crippen molar-refractivity contribution in [3.8, 4) is 0 Å². The quantitative estimate of drug-likeness (QED) is 0.830. The summed E-state index contributed by atoms with van der Waals surface area (Å²) in [5.41, 5.74) is 2.70. The SMILES string of the molecule is Cc1c(C(C)C)ccc(N2CCN(C(C)C)CC2)c1F. The van der Waals surface area contributed by atoms with E-state index in [0.717, 1.165) is 43.0 Å². The summed E-state index contributed by atoms with van der Waals surface area (Å²) in [7, 11) is 0. The van der Waals surface area contributed by atoms with E-state index in [1.54, 1.807) is 0 Å². The van der Waals surface area contributed by atoms with Crippen LogP contribution in [0.2, 0.25) is 0 Å². The lowest BCUT2D eigenvalue weighted by Gasteiger charge is -2.38. The van der Waals surface area contributed by atoms with Crippen LogP contribution in [0, 0.1) is 12.7 Å². The molecule has 2 nitrogen and oxygen atoms in total. The molecular weight excluding hydrogens is 251 g/mol. The highest BCUT2D eigenvalue weighted by Gasteiger charge is 2.22. The third kappa shape index (κ3) is 2.98. The zero-order valence-electron chi connectivity index (χ0n) is 13.4. The normalized spacial score (nSPS) is 17.3. The lowest BCUT2D eigenvalue weighted by atomic mass is 9.96. The number of hydrogen-bond donors (Lipinski definition) is 0. The first-order valence-corrected chi connectivity index (χ1v) is 7.69. The van der Waals surface area contributed by atoms with Crippen molar-refractivity contribution in [2.45, 2.75) is 46.6 Å². The summed E-state index contributed by atoms with van der Waals surface area (Å²) in [6.45, 7) is 14.4. The Morgan fingerprint density at radius 3 is 2.10 bits per heavy atom. The monoisotopic (exact) mass is 278 g/mol. The van der Waals surface area contributed by atoms with Gasteiger partial charge in [0.15, 0.2) is 0 Å². The van der Waals surface area contributed by atoms with Gasteiger partial charge in [-0.2, -0.15) is 0 Å². The molecule has 0 aliphatic carbocycles. The maximum absolute atomic E-state index is 14.6. The molecule has 0 amide bonds. The minimum Gasteiger partial charge on any atom is -0.367 e. The predicted octanol–water partition coefficient (Wildman–Crippen LogP) is 3.79. The molecule has 1 heterocycles. The van der Waals surface area contributed by atoms with Crippen LogP contribution in [0.25, 0.3) is 0 Å². The number of nitrogens with zero attached hydrogens (tertiary/aromatic N) is 2. The van der Waals surface area contributed by atoms with Crippen LogP contribution in [0.4, 0.5) is 10.1 Å². The average molecular weight is 278 g/mol. The molecule has 2 rings (SSSR count). The molecule has 0 saturated carbocycles. The number of rotatable bonds is 3. The maximum Gasteiger partial charge on any atom is 0.149 e. The topological polar surface area (TPSA) is 6.48 Å². The van der Waals surface area contributed by atoms with E-state index in [2.05, 4.69) is 43.6 Å². The molecule has 0 aromatic heterocycles. The van der Waals surface area contributed by atoms with Gasteiger partial charge in [0.25, 0.3) is 0 Å². The molecule has 0 unspecified atom stereocenters. The number of piperazine rings is 1. The number of hydrogen-bond acceptors (Lipinski definition) is 2. The van der Waals surface area contributed by atoms with Crippen LogP contribution in [0.15, 0.2) is 12.1 Å². The Hall–Kier alpha value is -1.09. The summed E-state index contributed by atoms with van der Waals surface area (Å²) in [5.74, 6) is 0.338. The van der Waals surface area contributed by atoms with Gasteiger partial charge in [0.2, 0.25) is 0 Å². The fourth-order valence-electron chi connectivity index (χ4n) is 3.03. The second-order valence-corrected chi connectivity index (χ2v) is 6.38. The molecule has 3 heteroatoms. The Morgan fingerprint density at radius 2 is 1.60 bits per heavy atom. The van der Waals surface area contributed by atoms with Crippen LogP contribution >= 0.6 is 0 Å². The van der Waals surface area contributed by atoms with E-state index in [4.69, 9.17) is 0 Å². The van der Waals surface area contributed by atoms with E-state index < -0.39 is 0 Å². The summed E-state index contributed by atoms with van der Waals surface area (Å²) in [6.07, 6.45) is 0. The van der Waals surface area contributed by atoms with Crippen molar-refractivity contribution in [1.29, 1.82) is 0 Å². The lowest BCUT2D eigenvalue weighted by molar-refractivity contribution is 0.209. The molecule has 1 aliphatic heterocycles. The molecule has 20 heavy (non-hydrogen) atoms. The van der Waals surface area contributed by atoms with Crippen LogP contribution in [0.5, 0.6) is 0 Å². The molecule has 0 atom stereocenters. The Bertz CT molecular complexity index is 460. The maximum atomic E-state index is 14.6. The van der Waals surface area contributed by atoms with Gasteiger partial charge in [-0.3, -0.25) is 4.90 Å². The fraction of sp³-hybridized carbons (Fsp3) is 0.647. The van der Waals surface area contributed by atoms with Gasteiger partial charge in [-0.25, -0.2) is 4.39 Å². The predicted molar refractivity (Wildman–Crippen MR) is 84.1 cm³/mol. The molecule has 0 radical (unpaired) electrons. The van der Waals surface area contributed by atoms with Crippen molar-refractivity contribution in [3.05, 3.63) is 29.1 Å². The molecule has 1 fully saturated rings. The van der Waals surface area contributed by atoms with Crippen molar-refractivity contribution in [2.24, 2.45) is 0 Å². The first-order chi connectivity index (χ1) is 9.41. The third-order valence-corrected chi connectivity index (χ3v) is 4.42. The van der Waals surface area contributed by atoms with Gasteiger partial charge < -0.3 is 4.90 Å². The van der Waals surface area contributed by atoms with Crippen LogP contribution in [-0.2, 0) is 0 Å². The minimum absolute atomic E-state index is 0.0332. The second kappa shape index (κ2) is 6.13. The molecule has 0 bridgehead atoms. The van der Waals surface area contributed by atoms with Crippen molar-refractivity contribution >= 4 is 5.69 Å². The van der Waals surface area contributed by atoms with Crippen molar-refractivity contribution in [3.63, 3.8) is 0 Å². The Balaban J connectivity index is 2.17. The van der Waals surface area contributed by atoms with Crippen LogP contribution in [-0.4, -0.2) is 37.1 Å². The second-order valence-electron chi connectivity index (χ2n) is 6.38. The average Bonchev–Trinajstić information content (AvgIpc) is 2.41. The Morgan fingerprint density at radius 1 is 1.00 bits per heavy atom. The first-order valence-electron chi connectivity index (χ1n) is 7.69. The zero-order valence-corrected chi connectivity index (χ0v) is 13.4. The highest BCUT2D eigenvalue weighted by Crippen LogP contribution is 2.29. The summed E-state index contributed by atoms with van der Waals surface area (Å²) in [6, 6.07) is 4.63. The van der Waals surface area contributed by atoms with E-state index in [9.17, 15) is 4.39 Å². The third-order valence-electron chi connectivity index (χ3n) is 4.42. The molecule has 112 valence electrons. The van der Waals surface area contributed by atoms with Gasteiger partial charge in [0, 0.05) is 32.2 Å². The molecule has 0 spiro atoms. The van der Waals surface area contributed by atoms with Gasteiger partial charge in [-0.05, 0) is 43.9 Å². The summed E-state index contributed by atoms with van der Waals surface area (Å²) in [5, 5.41) is 0. The van der Waals surface area contributed by atoms with Gasteiger partial charge in [0.05, 0.1) is 5.69 Å². The molecule has 1 saturated heterocycles. The molecule has 1 aliphatic rings. The zero-order chi connectivity index (χ0) is 14.9.